The van der Waals surface area contributed by atoms with Gasteiger partial charge in [-0.1, -0.05) is 0 Å². The Kier molecular flexibility index (Phi) is 88.0. The van der Waals surface area contributed by atoms with Crippen LogP contribution in [0.15, 0.2) is 5.34 Å². The summed E-state index contributed by atoms with van der Waals surface area (Å²) < 4.78 is 0. The van der Waals surface area contributed by atoms with Crippen LogP contribution in [0.25, 0.3) is 0 Å². The Bertz CT molecular complexity index is 17.1. The maximum Gasteiger partial charge on any atom is 2.00 e. The van der Waals surface area contributed by atoms with Gasteiger partial charge in [-0.15, -0.1) is 5.34 Å². The smallest absolute Gasteiger partial charge is 1.00 e. The van der Waals surface area contributed by atoms with Gasteiger partial charge < -0.3 is 22.5 Å². The Hall–Kier alpha value is 0.489. The van der Waals surface area contributed by atoms with Crippen LogP contribution < -0.4 is 12.4 Å². The van der Waals surface area contributed by atoms with Crippen LogP contribution in [0.5, 0.6) is 0 Å². The molecule has 0 aromatic carbocycles. The molecule has 0 aliphatic rings. The molecule has 5 heavy (non-hydrogen) atoms. The van der Waals surface area contributed by atoms with Gasteiger partial charge in [0.1, 0.15) is 0 Å². The predicted octanol–water partition coefficient (Wildman–Crippen LogP) is -3.13. The van der Waals surface area contributed by atoms with Crippen molar-refractivity contribution in [3.05, 3.63) is 10.1 Å². The van der Waals surface area contributed by atoms with Gasteiger partial charge in [0.25, 0.3) is 0 Å². The third-order valence-electron chi connectivity index (χ3n) is 0. The first-order chi connectivity index (χ1) is 1.41. The molecule has 0 spiro atoms. The molecule has 0 aliphatic heterocycles. The van der Waals surface area contributed by atoms with Crippen molar-refractivity contribution < 1.29 is 12.4 Å². The molecule has 0 bridgehead atoms. The zero-order valence-corrected chi connectivity index (χ0v) is 5.75. The molecule has 0 heterocycles. The molecule has 2 radical (unpaired) electrons. The van der Waals surface area contributed by atoms with Crippen LogP contribution in [0.3, 0.4) is 0 Å². The van der Waals surface area contributed by atoms with E-state index in [2.05, 4.69) is 0 Å². The molecular formula is ClNO2Sn. The van der Waals surface area contributed by atoms with Crippen LogP contribution in [0.4, 0.5) is 0 Å². The third-order valence-corrected chi connectivity index (χ3v) is 0. The Morgan fingerprint density at radius 2 is 1.60 bits per heavy atom. The molecule has 3 nitrogen and oxygen atoms in total. The van der Waals surface area contributed by atoms with Crippen molar-refractivity contribution in [2.75, 3.05) is 0 Å². The molecule has 0 aliphatic carbocycles. The van der Waals surface area contributed by atoms with Gasteiger partial charge in [0.2, 0.25) is 0 Å². The summed E-state index contributed by atoms with van der Waals surface area (Å²) in [5, 5.41) is 9.00. The van der Waals surface area contributed by atoms with E-state index in [-0.39, 0.29) is 36.3 Å². The SMILES string of the molecule is O=N[O-].[Cl-].[Sn+2]. The minimum absolute atomic E-state index is 0. The van der Waals surface area contributed by atoms with Gasteiger partial charge in [-0.25, -0.2) is 0 Å². The summed E-state index contributed by atoms with van der Waals surface area (Å²) in [5.74, 6) is 0. The molecule has 0 unspecified atom stereocenters. The number of hydrogen-bond donors (Lipinski definition) is 0. The van der Waals surface area contributed by atoms with Crippen molar-refractivity contribution in [1.82, 2.24) is 0 Å². The summed E-state index contributed by atoms with van der Waals surface area (Å²) >= 11 is 0. The van der Waals surface area contributed by atoms with Gasteiger partial charge in [-0.3, -0.25) is 0 Å². The van der Waals surface area contributed by atoms with Gasteiger partial charge in [0.15, 0.2) is 0 Å². The Labute approximate surface area is 52.0 Å². The molecule has 0 saturated carbocycles. The molecule has 0 rings (SSSR count). The van der Waals surface area contributed by atoms with Crippen LogP contribution >= 0.6 is 0 Å². The second-order valence-electron chi connectivity index (χ2n) is 0.0745. The summed E-state index contributed by atoms with van der Waals surface area (Å²) in [6.45, 7) is 0. The number of halogens is 1. The van der Waals surface area contributed by atoms with E-state index in [1.165, 1.54) is 0 Å². The number of nitrogens with zero attached hydrogens (tertiary/aromatic N) is 1. The van der Waals surface area contributed by atoms with E-state index in [4.69, 9.17) is 10.1 Å². The summed E-state index contributed by atoms with van der Waals surface area (Å²) in [6.07, 6.45) is 0. The van der Waals surface area contributed by atoms with Gasteiger partial charge in [0, 0.05) is 0 Å². The molecule has 0 saturated heterocycles. The Morgan fingerprint density at radius 1 is 1.60 bits per heavy atom. The van der Waals surface area contributed by atoms with Crippen molar-refractivity contribution in [2.24, 2.45) is 5.34 Å². The van der Waals surface area contributed by atoms with Crippen molar-refractivity contribution in [2.45, 2.75) is 0 Å². The van der Waals surface area contributed by atoms with E-state index >= 15 is 0 Å². The first-order valence-electron chi connectivity index (χ1n) is 0.365. The molecule has 28 valence electrons. The first kappa shape index (κ1) is 17.9. The second-order valence-corrected chi connectivity index (χ2v) is 0.0745. The van der Waals surface area contributed by atoms with Crippen molar-refractivity contribution in [1.29, 1.82) is 0 Å². The van der Waals surface area contributed by atoms with E-state index in [1.54, 1.807) is 0 Å². The Morgan fingerprint density at radius 3 is 1.60 bits per heavy atom. The zero-order chi connectivity index (χ0) is 2.71. The monoisotopic (exact) mass is 201 g/mol. The summed E-state index contributed by atoms with van der Waals surface area (Å²) in [5.41, 5.74) is 0. The fourth-order valence-electron chi connectivity index (χ4n) is 0. The van der Waals surface area contributed by atoms with Crippen LogP contribution in [0.2, 0.25) is 0 Å². The number of hydrogen-bond acceptors (Lipinski definition) is 3. The summed E-state index contributed by atoms with van der Waals surface area (Å²) in [6, 6.07) is 0. The quantitative estimate of drug-likeness (QED) is 0.236. The van der Waals surface area contributed by atoms with Crippen LogP contribution in [0, 0.1) is 10.1 Å². The summed E-state index contributed by atoms with van der Waals surface area (Å²) in [7, 11) is 0. The molecule has 0 atom stereocenters. The van der Waals surface area contributed by atoms with Crippen LogP contribution in [-0.4, -0.2) is 23.9 Å². The average Bonchev–Trinajstić information content (AvgIpc) is 0.918. The van der Waals surface area contributed by atoms with Gasteiger partial charge in [-0.2, -0.15) is 0 Å². The first-order valence-corrected chi connectivity index (χ1v) is 0.365. The second kappa shape index (κ2) is 24.7. The van der Waals surface area contributed by atoms with E-state index in [9.17, 15) is 0 Å². The molecule has 0 N–H and O–H groups in total. The minimum Gasteiger partial charge on any atom is -1.00 e. The van der Waals surface area contributed by atoms with Gasteiger partial charge >= 0.3 is 23.9 Å². The molecule has 0 aromatic heterocycles. The maximum absolute atomic E-state index is 8.00. The standard InChI is InChI=1S/ClH.HNO2.Sn/c;2-1-3;/h1H;(H,2,3);/q;;+2/p-2. The van der Waals surface area contributed by atoms with Crippen molar-refractivity contribution >= 4 is 23.9 Å². The van der Waals surface area contributed by atoms with E-state index in [1.807, 2.05) is 0 Å². The van der Waals surface area contributed by atoms with E-state index in [0.717, 1.165) is 5.34 Å². The van der Waals surface area contributed by atoms with Crippen LogP contribution in [-0.2, 0) is 0 Å². The fourth-order valence-corrected chi connectivity index (χ4v) is 0. The zero-order valence-electron chi connectivity index (χ0n) is 2.14. The largest absolute Gasteiger partial charge is 2.00 e. The fraction of sp³-hybridized carbons (Fsp3) is 0. The molecule has 0 amide bonds. The summed E-state index contributed by atoms with van der Waals surface area (Å²) in [4.78, 5) is 8.00. The van der Waals surface area contributed by atoms with Gasteiger partial charge in [-0.05, 0) is 0 Å². The van der Waals surface area contributed by atoms with Crippen LogP contribution in [0.1, 0.15) is 0 Å². The van der Waals surface area contributed by atoms with E-state index < -0.39 is 0 Å². The van der Waals surface area contributed by atoms with E-state index in [0.29, 0.717) is 0 Å². The van der Waals surface area contributed by atoms with Gasteiger partial charge in [0.05, 0.1) is 0 Å². The molecule has 0 fully saturated rings. The van der Waals surface area contributed by atoms with Crippen molar-refractivity contribution in [3.8, 4) is 0 Å². The predicted molar refractivity (Wildman–Crippen MR) is 14.9 cm³/mol. The molecular weight excluding hydrogens is 200 g/mol. The Balaban J connectivity index is -0.0000000200. The molecule has 5 heteroatoms. The minimum atomic E-state index is 0. The normalized spacial score (nSPS) is 2.40. The maximum atomic E-state index is 8.00. The number of rotatable bonds is 0. The third kappa shape index (κ3) is 116. The van der Waals surface area contributed by atoms with Crippen molar-refractivity contribution in [3.63, 3.8) is 0 Å². The topological polar surface area (TPSA) is 52.5 Å². The molecule has 0 aromatic rings. The average molecular weight is 200 g/mol.